The topological polar surface area (TPSA) is 60.3 Å². The number of rotatable bonds is 7. The van der Waals surface area contributed by atoms with E-state index in [4.69, 9.17) is 0 Å². The molecule has 6 rings (SSSR count). The maximum absolute atomic E-state index is 4.68. The molecule has 0 saturated heterocycles. The molecule has 4 nitrogen and oxygen atoms in total. The summed E-state index contributed by atoms with van der Waals surface area (Å²) in [7, 11) is 0. The number of pyridine rings is 1. The number of hydrogen-bond acceptors (Lipinski definition) is 1. The quantitative estimate of drug-likeness (QED) is 0.200. The molecule has 4 heterocycles. The Hall–Kier alpha value is -3.79. The summed E-state index contributed by atoms with van der Waals surface area (Å²) < 4.78 is 0. The van der Waals surface area contributed by atoms with Gasteiger partial charge in [0.1, 0.15) is 0 Å². The van der Waals surface area contributed by atoms with E-state index < -0.39 is 0 Å². The molecule has 0 saturated carbocycles. The Kier molecular flexibility index (Phi) is 5.57. The van der Waals surface area contributed by atoms with Crippen LogP contribution in [0.4, 0.5) is 0 Å². The molecule has 0 aliphatic carbocycles. The van der Waals surface area contributed by atoms with Crippen molar-refractivity contribution in [2.24, 2.45) is 0 Å². The van der Waals surface area contributed by atoms with Crippen LogP contribution in [0.5, 0.6) is 0 Å². The first-order valence-corrected chi connectivity index (χ1v) is 13.7. The summed E-state index contributed by atoms with van der Waals surface area (Å²) in [6, 6.07) is 22.1. The summed E-state index contributed by atoms with van der Waals surface area (Å²) in [4.78, 5) is 15.2. The summed E-state index contributed by atoms with van der Waals surface area (Å²) in [5.74, 6) is 0. The largest absolute Gasteiger partial charge is 0.361 e. The minimum atomic E-state index is -0.149. The molecule has 0 atom stereocenters. The number of H-pyrrole nitrogens is 3. The van der Waals surface area contributed by atoms with E-state index >= 15 is 0 Å². The van der Waals surface area contributed by atoms with Gasteiger partial charge in [0.15, 0.2) is 0 Å². The second-order valence-electron chi connectivity index (χ2n) is 12.7. The number of aromatic amines is 3. The maximum atomic E-state index is 4.68. The fourth-order valence-corrected chi connectivity index (χ4v) is 6.04. The molecule has 194 valence electrons. The van der Waals surface area contributed by atoms with Crippen LogP contribution >= 0.6 is 0 Å². The van der Waals surface area contributed by atoms with Gasteiger partial charge in [-0.1, -0.05) is 65.8 Å². The fraction of sp³-hybridized carbons (Fsp3) is 0.324. The van der Waals surface area contributed by atoms with Crippen molar-refractivity contribution < 1.29 is 0 Å². The molecular formula is C34H38N4. The minimum Gasteiger partial charge on any atom is -0.361 e. The molecule has 0 unspecified atom stereocenters. The molecule has 38 heavy (non-hydrogen) atoms. The number of aromatic nitrogens is 4. The molecule has 2 aromatic carbocycles. The van der Waals surface area contributed by atoms with Crippen LogP contribution in [0.3, 0.4) is 0 Å². The molecule has 0 spiro atoms. The third-order valence-electron chi connectivity index (χ3n) is 8.88. The molecule has 4 aromatic heterocycles. The zero-order chi connectivity index (χ0) is 26.7. The molecule has 0 fully saturated rings. The van der Waals surface area contributed by atoms with Crippen molar-refractivity contribution >= 4 is 32.8 Å². The molecule has 0 radical (unpaired) electrons. The molecule has 4 heteroatoms. The highest BCUT2D eigenvalue weighted by atomic mass is 14.8. The van der Waals surface area contributed by atoms with Gasteiger partial charge in [0.05, 0.1) is 11.0 Å². The Morgan fingerprint density at radius 3 is 2.29 bits per heavy atom. The summed E-state index contributed by atoms with van der Waals surface area (Å²) in [6.07, 6.45) is 8.19. The number of fused-ring (bicyclic) bond motifs is 3. The highest BCUT2D eigenvalue weighted by Gasteiger charge is 2.32. The average molecular weight is 503 g/mol. The van der Waals surface area contributed by atoms with Crippen LogP contribution in [0.15, 0.2) is 79.3 Å². The predicted molar refractivity (Wildman–Crippen MR) is 160 cm³/mol. The Labute approximate surface area is 224 Å². The van der Waals surface area contributed by atoms with Crippen molar-refractivity contribution in [3.05, 3.63) is 102 Å². The van der Waals surface area contributed by atoms with E-state index in [1.54, 1.807) is 0 Å². The number of nitrogens with one attached hydrogen (secondary N) is 3. The van der Waals surface area contributed by atoms with Gasteiger partial charge < -0.3 is 15.0 Å². The lowest BCUT2D eigenvalue weighted by atomic mass is 9.72. The summed E-state index contributed by atoms with van der Waals surface area (Å²) in [6.45, 7) is 14.1. The summed E-state index contributed by atoms with van der Waals surface area (Å²) in [5, 5.41) is 2.57. The molecule has 0 aliphatic rings. The van der Waals surface area contributed by atoms with Gasteiger partial charge in [0, 0.05) is 51.7 Å². The van der Waals surface area contributed by atoms with Gasteiger partial charge in [-0.3, -0.25) is 4.98 Å². The van der Waals surface area contributed by atoms with Crippen molar-refractivity contribution in [1.29, 1.82) is 0 Å². The van der Waals surface area contributed by atoms with Crippen LogP contribution in [0, 0.1) is 0 Å². The van der Waals surface area contributed by atoms with Crippen LogP contribution in [0.1, 0.15) is 76.8 Å². The Balaban J connectivity index is 1.31. The summed E-state index contributed by atoms with van der Waals surface area (Å²) >= 11 is 0. The monoisotopic (exact) mass is 502 g/mol. The maximum Gasteiger partial charge on any atom is 0.0916 e. The van der Waals surface area contributed by atoms with Crippen molar-refractivity contribution in [1.82, 2.24) is 19.9 Å². The number of nitrogens with zero attached hydrogens (tertiary/aromatic N) is 1. The van der Waals surface area contributed by atoms with E-state index in [2.05, 4.69) is 122 Å². The lowest BCUT2D eigenvalue weighted by molar-refractivity contribution is 0.378. The van der Waals surface area contributed by atoms with Gasteiger partial charge in [-0.2, -0.15) is 0 Å². The highest BCUT2D eigenvalue weighted by molar-refractivity contribution is 5.86. The van der Waals surface area contributed by atoms with Crippen LogP contribution in [-0.4, -0.2) is 19.9 Å². The van der Waals surface area contributed by atoms with Crippen LogP contribution in [0.2, 0.25) is 0 Å². The van der Waals surface area contributed by atoms with Gasteiger partial charge in [-0.05, 0) is 76.6 Å². The van der Waals surface area contributed by atoms with Gasteiger partial charge in [-0.25, -0.2) is 0 Å². The van der Waals surface area contributed by atoms with E-state index in [0.29, 0.717) is 0 Å². The molecule has 0 amide bonds. The van der Waals surface area contributed by atoms with Gasteiger partial charge in [-0.15, -0.1) is 0 Å². The van der Waals surface area contributed by atoms with Gasteiger partial charge in [0.25, 0.3) is 0 Å². The molecule has 0 aliphatic heterocycles. The summed E-state index contributed by atoms with van der Waals surface area (Å²) in [5.41, 5.74) is 9.71. The second kappa shape index (κ2) is 8.62. The van der Waals surface area contributed by atoms with Crippen molar-refractivity contribution in [2.75, 3.05) is 0 Å². The Morgan fingerprint density at radius 2 is 1.47 bits per heavy atom. The average Bonchev–Trinajstić information content (AvgIpc) is 3.64. The van der Waals surface area contributed by atoms with E-state index in [1.165, 1.54) is 44.2 Å². The number of hydrogen-bond donors (Lipinski definition) is 3. The van der Waals surface area contributed by atoms with E-state index in [-0.39, 0.29) is 16.2 Å². The SMILES string of the molecule is CC(C)(CCC(C)(C)c1c[nH]c2cccnc12)c1cccc2[nH]c(C(C)(C)c3ccc4cc[nH]c4c3)cc12. The van der Waals surface area contributed by atoms with Crippen molar-refractivity contribution in [3.8, 4) is 0 Å². The van der Waals surface area contributed by atoms with Gasteiger partial charge >= 0.3 is 0 Å². The third kappa shape index (κ3) is 4.03. The predicted octanol–water partition coefficient (Wildman–Crippen LogP) is 8.89. The first-order valence-electron chi connectivity index (χ1n) is 13.7. The highest BCUT2D eigenvalue weighted by Crippen LogP contribution is 2.41. The Bertz CT molecular complexity index is 1760. The zero-order valence-corrected chi connectivity index (χ0v) is 23.4. The second-order valence-corrected chi connectivity index (χ2v) is 12.7. The fourth-order valence-electron chi connectivity index (χ4n) is 6.04. The van der Waals surface area contributed by atoms with Crippen LogP contribution < -0.4 is 0 Å². The minimum absolute atomic E-state index is 0.0134. The molecular weight excluding hydrogens is 464 g/mol. The van der Waals surface area contributed by atoms with Crippen molar-refractivity contribution in [2.45, 2.75) is 70.6 Å². The first-order chi connectivity index (χ1) is 18.1. The van der Waals surface area contributed by atoms with E-state index in [1.807, 2.05) is 18.5 Å². The van der Waals surface area contributed by atoms with Crippen LogP contribution in [-0.2, 0) is 16.2 Å². The Morgan fingerprint density at radius 1 is 0.711 bits per heavy atom. The molecule has 3 N–H and O–H groups in total. The lowest BCUT2D eigenvalue weighted by Gasteiger charge is -2.32. The normalized spacial score (nSPS) is 13.2. The molecule has 0 bridgehead atoms. The van der Waals surface area contributed by atoms with E-state index in [9.17, 15) is 0 Å². The van der Waals surface area contributed by atoms with Gasteiger partial charge in [0.2, 0.25) is 0 Å². The standard InChI is InChI=1S/C34H38N4/c1-32(2,15-16-33(3,4)26-21-37-28-11-8-17-36-31(26)28)25-9-7-10-27-24(25)20-30(38-27)34(5,6)23-13-12-22-14-18-35-29(22)19-23/h7-14,17-21,35,37-38H,15-16H2,1-6H3. The third-order valence-corrected chi connectivity index (χ3v) is 8.88. The lowest BCUT2D eigenvalue weighted by Crippen LogP contribution is -2.24. The van der Waals surface area contributed by atoms with E-state index in [0.717, 1.165) is 23.9 Å². The zero-order valence-electron chi connectivity index (χ0n) is 23.4. The van der Waals surface area contributed by atoms with Crippen LogP contribution in [0.25, 0.3) is 32.8 Å². The molecule has 6 aromatic rings. The first kappa shape index (κ1) is 24.5. The number of benzene rings is 2. The smallest absolute Gasteiger partial charge is 0.0916 e. The van der Waals surface area contributed by atoms with Crippen molar-refractivity contribution in [3.63, 3.8) is 0 Å².